The van der Waals surface area contributed by atoms with Crippen molar-refractivity contribution in [1.82, 2.24) is 13.7 Å². The van der Waals surface area contributed by atoms with Crippen molar-refractivity contribution in [2.24, 2.45) is 0 Å². The van der Waals surface area contributed by atoms with Gasteiger partial charge in [-0.3, -0.25) is 0 Å². The number of nitrogens with zero attached hydrogens (tertiary/aromatic N) is 3. The van der Waals surface area contributed by atoms with Gasteiger partial charge in [0, 0.05) is 60.4 Å². The Morgan fingerprint density at radius 1 is 0.311 bits per heavy atom. The summed E-state index contributed by atoms with van der Waals surface area (Å²) in [6.45, 7) is 0.0640. The molecule has 0 radical (unpaired) electrons. The summed E-state index contributed by atoms with van der Waals surface area (Å²) in [6.07, 6.45) is 0. The fourth-order valence-corrected chi connectivity index (χ4v) is 12.2. The fraction of sp³-hybridized carbons (Fsp3) is 0. The van der Waals surface area contributed by atoms with E-state index in [1.807, 2.05) is 0 Å². The summed E-state index contributed by atoms with van der Waals surface area (Å²) in [5.74, 6) is 3.70. The minimum absolute atomic E-state index is 0.0313. The van der Waals surface area contributed by atoms with Crippen LogP contribution >= 0.6 is 0 Å². The molecule has 61 heavy (non-hydrogen) atoms. The minimum Gasteiger partial charge on any atom is -0.458 e. The summed E-state index contributed by atoms with van der Waals surface area (Å²) in [5, 5.41) is 7.52. The predicted octanol–water partition coefficient (Wildman–Crippen LogP) is 8.85. The van der Waals surface area contributed by atoms with Crippen LogP contribution in [0, 0.1) is 0 Å². The third-order valence-corrected chi connectivity index (χ3v) is 14.3. The number of para-hydroxylation sites is 6. The van der Waals surface area contributed by atoms with E-state index in [1.165, 1.54) is 110 Å². The number of aromatic nitrogens is 3. The average Bonchev–Trinajstić information content (AvgIpc) is 3.96. The van der Waals surface area contributed by atoms with Gasteiger partial charge < -0.3 is 23.2 Å². The third-order valence-electron chi connectivity index (χ3n) is 14.3. The first kappa shape index (κ1) is 31.1. The van der Waals surface area contributed by atoms with Crippen molar-refractivity contribution in [2.45, 2.75) is 0 Å². The number of ether oxygens (including phenoxy) is 2. The summed E-state index contributed by atoms with van der Waals surface area (Å²) >= 11 is 0. The molecule has 7 heterocycles. The second-order valence-electron chi connectivity index (χ2n) is 17.0. The molecule has 7 heteroatoms. The maximum absolute atomic E-state index is 6.79. The molecule has 0 aliphatic carbocycles. The summed E-state index contributed by atoms with van der Waals surface area (Å²) in [5.41, 5.74) is 18.3. The van der Waals surface area contributed by atoms with E-state index in [0.29, 0.717) is 0 Å². The molecule has 278 valence electrons. The van der Waals surface area contributed by atoms with Crippen LogP contribution in [0.5, 0.6) is 23.0 Å². The molecule has 4 aliphatic heterocycles. The van der Waals surface area contributed by atoms with E-state index >= 15 is 0 Å². The van der Waals surface area contributed by atoms with Crippen LogP contribution in [0.15, 0.2) is 176 Å². The molecule has 3 aromatic heterocycles. The second-order valence-corrected chi connectivity index (χ2v) is 17.0. The predicted molar refractivity (Wildman–Crippen MR) is 252 cm³/mol. The summed E-state index contributed by atoms with van der Waals surface area (Å²) in [7, 11) is 0. The molecule has 0 spiro atoms. The standard InChI is InChI=1S/C54H29B2N3O2/c1-2-14-30(15-3-1)57-38-23-7-4-16-31(38)45-52(57)46-32-17-10-21-36-50(32)59(40-25-13-29-44-49(40)55(36)34-19-5-8-26-41(34)61-44)54(46)47-33-18-11-22-37-51(33)58(53(45)47)39-24-12-28-43-48(39)56(37)35-20-6-9-27-42(35)60-43/h1-29H. The fourth-order valence-electron chi connectivity index (χ4n) is 12.2. The average molecular weight is 773 g/mol. The molecule has 12 aromatic rings. The summed E-state index contributed by atoms with van der Waals surface area (Å²) in [4.78, 5) is 0. The van der Waals surface area contributed by atoms with E-state index < -0.39 is 0 Å². The van der Waals surface area contributed by atoms with Crippen LogP contribution in [0.25, 0.3) is 82.5 Å². The van der Waals surface area contributed by atoms with Crippen LogP contribution in [-0.4, -0.2) is 27.1 Å². The highest BCUT2D eigenvalue weighted by atomic mass is 16.5. The first-order valence-corrected chi connectivity index (χ1v) is 21.2. The Bertz CT molecular complexity index is 4030. The van der Waals surface area contributed by atoms with Crippen LogP contribution < -0.4 is 42.3 Å². The van der Waals surface area contributed by atoms with Crippen LogP contribution in [-0.2, 0) is 0 Å². The maximum Gasteiger partial charge on any atom is 0.256 e. The Kier molecular flexibility index (Phi) is 5.42. The van der Waals surface area contributed by atoms with Crippen molar-refractivity contribution >= 4 is 112 Å². The lowest BCUT2D eigenvalue weighted by Gasteiger charge is -2.33. The Morgan fingerprint density at radius 3 is 1.33 bits per heavy atom. The Morgan fingerprint density at radius 2 is 0.738 bits per heavy atom. The topological polar surface area (TPSA) is 33.2 Å². The van der Waals surface area contributed by atoms with Crippen LogP contribution in [0.1, 0.15) is 0 Å². The quantitative estimate of drug-likeness (QED) is 0.156. The molecular weight excluding hydrogens is 744 g/mol. The lowest BCUT2D eigenvalue weighted by atomic mass is 9.34. The Hall–Kier alpha value is -7.89. The van der Waals surface area contributed by atoms with Gasteiger partial charge in [0.1, 0.15) is 23.0 Å². The smallest absolute Gasteiger partial charge is 0.256 e. The molecule has 0 N–H and O–H groups in total. The molecule has 0 fully saturated rings. The minimum atomic E-state index is 0.0313. The molecule has 0 saturated carbocycles. The van der Waals surface area contributed by atoms with E-state index in [-0.39, 0.29) is 13.4 Å². The zero-order chi connectivity index (χ0) is 39.2. The molecule has 0 saturated heterocycles. The van der Waals surface area contributed by atoms with E-state index in [9.17, 15) is 0 Å². The van der Waals surface area contributed by atoms with Crippen molar-refractivity contribution in [3.63, 3.8) is 0 Å². The van der Waals surface area contributed by atoms with Crippen LogP contribution in [0.4, 0.5) is 0 Å². The first-order valence-electron chi connectivity index (χ1n) is 21.2. The highest BCUT2D eigenvalue weighted by molar-refractivity contribution is 7.00. The van der Waals surface area contributed by atoms with Crippen molar-refractivity contribution in [1.29, 1.82) is 0 Å². The van der Waals surface area contributed by atoms with Gasteiger partial charge in [-0.05, 0) is 87.4 Å². The van der Waals surface area contributed by atoms with Gasteiger partial charge in [-0.2, -0.15) is 0 Å². The third kappa shape index (κ3) is 3.51. The zero-order valence-electron chi connectivity index (χ0n) is 32.6. The number of hydrogen-bond acceptors (Lipinski definition) is 2. The Labute approximate surface area is 349 Å². The SMILES string of the molecule is c1ccc(-n2c3ccccc3c3c2c2c4cccc5c4n(c2c2c4cccc6c4n(c32)-c2cccc3c2B6c2ccccc2O3)-c2cccc3c2B5c2ccccc2O3)cc1. The molecule has 5 nitrogen and oxygen atoms in total. The van der Waals surface area contributed by atoms with E-state index in [1.54, 1.807) is 0 Å². The van der Waals surface area contributed by atoms with Gasteiger partial charge in [0.2, 0.25) is 0 Å². The van der Waals surface area contributed by atoms with Crippen molar-refractivity contribution in [3.05, 3.63) is 176 Å². The normalized spacial score (nSPS) is 13.8. The molecular formula is C54H29B2N3O2. The molecule has 0 bridgehead atoms. The number of fused-ring (bicyclic) bond motifs is 20. The molecule has 4 aliphatic rings. The first-order chi connectivity index (χ1) is 30.3. The van der Waals surface area contributed by atoms with Gasteiger partial charge in [-0.25, -0.2) is 0 Å². The van der Waals surface area contributed by atoms with E-state index in [0.717, 1.165) is 28.7 Å². The molecule has 0 amide bonds. The zero-order valence-corrected chi connectivity index (χ0v) is 32.6. The lowest BCUT2D eigenvalue weighted by molar-refractivity contribution is 0.487. The van der Waals surface area contributed by atoms with Gasteiger partial charge in [-0.1, -0.05) is 121 Å². The number of benzene rings is 9. The number of rotatable bonds is 1. The van der Waals surface area contributed by atoms with Gasteiger partial charge in [-0.15, -0.1) is 0 Å². The largest absolute Gasteiger partial charge is 0.458 e. The van der Waals surface area contributed by atoms with Gasteiger partial charge in [0.25, 0.3) is 13.4 Å². The monoisotopic (exact) mass is 773 g/mol. The Balaban J connectivity index is 1.22. The van der Waals surface area contributed by atoms with E-state index in [4.69, 9.17) is 9.47 Å². The molecule has 0 unspecified atom stereocenters. The second kappa shape index (κ2) is 10.6. The molecule has 9 aromatic carbocycles. The summed E-state index contributed by atoms with van der Waals surface area (Å²) < 4.78 is 21.3. The highest BCUT2D eigenvalue weighted by Crippen LogP contribution is 2.51. The highest BCUT2D eigenvalue weighted by Gasteiger charge is 2.44. The molecule has 16 rings (SSSR count). The molecule has 0 atom stereocenters. The van der Waals surface area contributed by atoms with Crippen LogP contribution in [0.2, 0.25) is 0 Å². The number of hydrogen-bond donors (Lipinski definition) is 0. The van der Waals surface area contributed by atoms with Crippen molar-refractivity contribution in [2.75, 3.05) is 0 Å². The van der Waals surface area contributed by atoms with Crippen LogP contribution in [0.3, 0.4) is 0 Å². The summed E-state index contributed by atoms with van der Waals surface area (Å²) in [6, 6.07) is 64.4. The van der Waals surface area contributed by atoms with Crippen molar-refractivity contribution in [3.8, 4) is 40.1 Å². The van der Waals surface area contributed by atoms with Crippen molar-refractivity contribution < 1.29 is 9.47 Å². The van der Waals surface area contributed by atoms with E-state index in [2.05, 4.69) is 190 Å². The van der Waals surface area contributed by atoms with Gasteiger partial charge in [0.15, 0.2) is 0 Å². The lowest BCUT2D eigenvalue weighted by Crippen LogP contribution is -2.58. The maximum atomic E-state index is 6.79. The van der Waals surface area contributed by atoms with Gasteiger partial charge in [0.05, 0.1) is 22.1 Å². The van der Waals surface area contributed by atoms with Gasteiger partial charge >= 0.3 is 0 Å².